The third-order valence-electron chi connectivity index (χ3n) is 3.33. The maximum Gasteiger partial charge on any atom is 0.281 e. The quantitative estimate of drug-likeness (QED) is 0.558. The first-order chi connectivity index (χ1) is 11.4. The number of alkyl halides is 2. The zero-order chi connectivity index (χ0) is 17.3. The highest BCUT2D eigenvalue weighted by Crippen LogP contribution is 2.28. The first kappa shape index (κ1) is 17.1. The number of hydrogen-bond donors (Lipinski definition) is 0. The van der Waals surface area contributed by atoms with Gasteiger partial charge in [0.15, 0.2) is 0 Å². The van der Waals surface area contributed by atoms with Crippen LogP contribution in [0.4, 0.5) is 8.78 Å². The van der Waals surface area contributed by atoms with Crippen LogP contribution in [0.2, 0.25) is 15.1 Å². The van der Waals surface area contributed by atoms with E-state index >= 15 is 0 Å². The van der Waals surface area contributed by atoms with E-state index in [4.69, 9.17) is 34.8 Å². The lowest BCUT2D eigenvalue weighted by Gasteiger charge is -2.10. The van der Waals surface area contributed by atoms with Crippen molar-refractivity contribution in [1.82, 2.24) is 14.5 Å². The fourth-order valence-electron chi connectivity index (χ4n) is 2.27. The van der Waals surface area contributed by atoms with Gasteiger partial charge in [0.25, 0.3) is 6.43 Å². The molecule has 0 saturated carbocycles. The molecule has 0 spiro atoms. The van der Waals surface area contributed by atoms with Crippen molar-refractivity contribution in [2.45, 2.75) is 13.0 Å². The Balaban J connectivity index is 2.07. The van der Waals surface area contributed by atoms with Gasteiger partial charge < -0.3 is 4.57 Å². The molecule has 8 heteroatoms. The van der Waals surface area contributed by atoms with Gasteiger partial charge >= 0.3 is 0 Å². The summed E-state index contributed by atoms with van der Waals surface area (Å²) in [4.78, 5) is 7.98. The third-order valence-corrected chi connectivity index (χ3v) is 4.14. The predicted octanol–water partition coefficient (Wildman–Crippen LogP) is 5.89. The lowest BCUT2D eigenvalue weighted by molar-refractivity contribution is 0.146. The van der Waals surface area contributed by atoms with Crippen molar-refractivity contribution in [3.8, 4) is 11.4 Å². The molecule has 2 aromatic heterocycles. The highest BCUT2D eigenvalue weighted by molar-refractivity contribution is 6.33. The van der Waals surface area contributed by atoms with Crippen molar-refractivity contribution in [3.63, 3.8) is 0 Å². The van der Waals surface area contributed by atoms with Crippen LogP contribution in [0.3, 0.4) is 0 Å². The molecule has 2 heterocycles. The van der Waals surface area contributed by atoms with Crippen LogP contribution in [0.25, 0.3) is 11.4 Å². The molecular weight excluding hydrogens is 379 g/mol. The fourth-order valence-corrected chi connectivity index (χ4v) is 2.82. The molecule has 24 heavy (non-hydrogen) atoms. The standard InChI is InChI=1S/C16H10Cl3F2N3/c17-11-1-2-13(19)10(4-11)7-24-8-14(15(20)21)23-16(24)9-3-12(18)6-22-5-9/h1-6,8,15H,7H2. The minimum atomic E-state index is -2.69. The van der Waals surface area contributed by atoms with Crippen molar-refractivity contribution < 1.29 is 8.78 Å². The predicted molar refractivity (Wildman–Crippen MR) is 91.0 cm³/mol. The van der Waals surface area contributed by atoms with Crippen LogP contribution in [0.5, 0.6) is 0 Å². The molecule has 0 amide bonds. The number of pyridine rings is 1. The Labute approximate surface area is 151 Å². The summed E-state index contributed by atoms with van der Waals surface area (Å²) in [6, 6.07) is 6.62. The van der Waals surface area contributed by atoms with E-state index in [-0.39, 0.29) is 12.2 Å². The topological polar surface area (TPSA) is 30.7 Å². The van der Waals surface area contributed by atoms with Gasteiger partial charge in [-0.05, 0) is 29.8 Å². The molecule has 0 unspecified atom stereocenters. The summed E-state index contributed by atoms with van der Waals surface area (Å²) < 4.78 is 27.7. The molecule has 0 saturated heterocycles. The molecule has 3 aromatic rings. The molecule has 0 aliphatic rings. The van der Waals surface area contributed by atoms with E-state index in [0.717, 1.165) is 0 Å². The van der Waals surface area contributed by atoms with Gasteiger partial charge in [-0.15, -0.1) is 0 Å². The third kappa shape index (κ3) is 3.69. The Bertz CT molecular complexity index is 881. The van der Waals surface area contributed by atoms with Gasteiger partial charge in [-0.3, -0.25) is 4.98 Å². The van der Waals surface area contributed by atoms with Gasteiger partial charge in [-0.1, -0.05) is 34.8 Å². The summed E-state index contributed by atoms with van der Waals surface area (Å²) in [5, 5.41) is 1.39. The lowest BCUT2D eigenvalue weighted by Crippen LogP contribution is -2.02. The van der Waals surface area contributed by atoms with Gasteiger partial charge in [0, 0.05) is 34.2 Å². The highest BCUT2D eigenvalue weighted by atomic mass is 35.5. The number of rotatable bonds is 4. The molecule has 0 atom stereocenters. The number of imidazole rings is 1. The van der Waals surface area contributed by atoms with Crippen LogP contribution in [-0.4, -0.2) is 14.5 Å². The number of nitrogens with zero attached hydrogens (tertiary/aromatic N) is 3. The Morgan fingerprint density at radius 3 is 2.54 bits per heavy atom. The van der Waals surface area contributed by atoms with Crippen LogP contribution in [0.1, 0.15) is 17.7 Å². The Morgan fingerprint density at radius 2 is 1.83 bits per heavy atom. The van der Waals surface area contributed by atoms with E-state index in [0.29, 0.717) is 32.0 Å². The monoisotopic (exact) mass is 387 g/mol. The fraction of sp³-hybridized carbons (Fsp3) is 0.125. The van der Waals surface area contributed by atoms with Gasteiger partial charge in [0.1, 0.15) is 11.5 Å². The average Bonchev–Trinajstić information content (AvgIpc) is 2.95. The normalized spacial score (nSPS) is 11.2. The van der Waals surface area contributed by atoms with Crippen LogP contribution in [0, 0.1) is 0 Å². The van der Waals surface area contributed by atoms with E-state index < -0.39 is 6.43 Å². The van der Waals surface area contributed by atoms with Crippen molar-refractivity contribution in [2.75, 3.05) is 0 Å². The Kier molecular flexibility index (Phi) is 5.04. The summed E-state index contributed by atoms with van der Waals surface area (Å²) in [5.41, 5.74) is 0.897. The average molecular weight is 389 g/mol. The van der Waals surface area contributed by atoms with Crippen LogP contribution < -0.4 is 0 Å². The molecule has 124 valence electrons. The summed E-state index contributed by atoms with van der Waals surface area (Å²) in [6.45, 7) is 0.237. The zero-order valence-corrected chi connectivity index (χ0v) is 14.3. The van der Waals surface area contributed by atoms with Gasteiger partial charge in [-0.2, -0.15) is 0 Å². The van der Waals surface area contributed by atoms with Crippen molar-refractivity contribution in [1.29, 1.82) is 0 Å². The molecule has 3 rings (SSSR count). The largest absolute Gasteiger partial charge is 0.326 e. The second-order valence-corrected chi connectivity index (χ2v) is 6.33. The number of benzene rings is 1. The van der Waals surface area contributed by atoms with Gasteiger partial charge in [0.05, 0.1) is 11.6 Å². The smallest absolute Gasteiger partial charge is 0.281 e. The molecule has 0 aliphatic carbocycles. The van der Waals surface area contributed by atoms with Crippen LogP contribution >= 0.6 is 34.8 Å². The van der Waals surface area contributed by atoms with E-state index in [2.05, 4.69) is 9.97 Å². The van der Waals surface area contributed by atoms with Crippen molar-refractivity contribution >= 4 is 34.8 Å². The second kappa shape index (κ2) is 7.05. The van der Waals surface area contributed by atoms with Gasteiger partial charge in [-0.25, -0.2) is 13.8 Å². The molecule has 0 fully saturated rings. The first-order valence-corrected chi connectivity index (χ1v) is 7.97. The lowest BCUT2D eigenvalue weighted by atomic mass is 10.2. The summed E-state index contributed by atoms with van der Waals surface area (Å²) in [7, 11) is 0. The summed E-state index contributed by atoms with van der Waals surface area (Å²) in [6.07, 6.45) is 1.57. The molecule has 0 N–H and O–H groups in total. The Hall–Kier alpha value is -1.69. The van der Waals surface area contributed by atoms with Crippen molar-refractivity contribution in [3.05, 3.63) is 69.2 Å². The first-order valence-electron chi connectivity index (χ1n) is 6.84. The van der Waals surface area contributed by atoms with Crippen molar-refractivity contribution in [2.24, 2.45) is 0 Å². The molecule has 0 aliphatic heterocycles. The molecule has 0 bridgehead atoms. The minimum absolute atomic E-state index is 0.237. The maximum atomic E-state index is 13.1. The van der Waals surface area contributed by atoms with E-state index in [1.54, 1.807) is 28.8 Å². The second-order valence-electron chi connectivity index (χ2n) is 5.05. The van der Waals surface area contributed by atoms with Crippen LogP contribution in [-0.2, 0) is 6.54 Å². The zero-order valence-electron chi connectivity index (χ0n) is 12.1. The van der Waals surface area contributed by atoms with Crippen LogP contribution in [0.15, 0.2) is 42.9 Å². The molecule has 3 nitrogen and oxygen atoms in total. The SMILES string of the molecule is FC(F)c1cn(Cc2cc(Cl)ccc2Cl)c(-c2cncc(Cl)c2)n1. The maximum absolute atomic E-state index is 13.1. The highest BCUT2D eigenvalue weighted by Gasteiger charge is 2.18. The number of hydrogen-bond acceptors (Lipinski definition) is 2. The van der Waals surface area contributed by atoms with E-state index in [9.17, 15) is 8.78 Å². The molecule has 0 radical (unpaired) electrons. The summed E-state index contributed by atoms with van der Waals surface area (Å²) in [5.74, 6) is 0.330. The van der Waals surface area contributed by atoms with Gasteiger partial charge in [0.2, 0.25) is 0 Å². The minimum Gasteiger partial charge on any atom is -0.326 e. The Morgan fingerprint density at radius 1 is 1.04 bits per heavy atom. The van der Waals surface area contributed by atoms with E-state index in [1.807, 2.05) is 0 Å². The number of halogens is 5. The number of aromatic nitrogens is 3. The molecular formula is C16H10Cl3F2N3. The summed E-state index contributed by atoms with van der Waals surface area (Å²) >= 11 is 18.1. The molecule has 1 aromatic carbocycles. The van der Waals surface area contributed by atoms with E-state index in [1.165, 1.54) is 18.6 Å².